The Bertz CT molecular complexity index is 811. The third-order valence-electron chi connectivity index (χ3n) is 4.38. The Morgan fingerprint density at radius 2 is 1.73 bits per heavy atom. The van der Waals surface area contributed by atoms with Crippen molar-refractivity contribution in [1.82, 2.24) is 10.2 Å². The van der Waals surface area contributed by atoms with Crippen LogP contribution in [-0.2, 0) is 6.18 Å². The molecular formula is C18H18F3N5. The Hall–Kier alpha value is -2.82. The molecule has 1 aliphatic rings. The molecule has 8 heteroatoms. The van der Waals surface area contributed by atoms with Crippen molar-refractivity contribution in [2.75, 3.05) is 36.0 Å². The van der Waals surface area contributed by atoms with Gasteiger partial charge in [-0.3, -0.25) is 0 Å². The van der Waals surface area contributed by atoms with Crippen molar-refractivity contribution < 1.29 is 13.2 Å². The van der Waals surface area contributed by atoms with Crippen LogP contribution in [0.4, 0.5) is 24.7 Å². The summed E-state index contributed by atoms with van der Waals surface area (Å²) >= 11 is 0. The minimum absolute atomic E-state index is 0.0633. The van der Waals surface area contributed by atoms with E-state index in [0.717, 1.165) is 17.6 Å². The third-order valence-corrected chi connectivity index (χ3v) is 4.38. The van der Waals surface area contributed by atoms with E-state index in [1.54, 1.807) is 4.90 Å². The van der Waals surface area contributed by atoms with Crippen LogP contribution in [0.1, 0.15) is 23.2 Å². The maximum atomic E-state index is 13.4. The topological polar surface area (TPSA) is 56.0 Å². The molecule has 0 saturated carbocycles. The van der Waals surface area contributed by atoms with E-state index in [0.29, 0.717) is 32.6 Å². The summed E-state index contributed by atoms with van der Waals surface area (Å²) in [5, 5.41) is 17.3. The molecule has 136 valence electrons. The van der Waals surface area contributed by atoms with Gasteiger partial charge in [-0.05, 0) is 43.7 Å². The van der Waals surface area contributed by atoms with Gasteiger partial charge in [-0.1, -0.05) is 0 Å². The standard InChI is InChI=1S/C18H18F3N5/c1-13-3-6-17(24-23-13)26-8-2-7-25(9-10-26)16-11-14(12-22)4-5-15(16)18(19,20)21/h3-6,11H,2,7-10H2,1H3. The first-order valence-corrected chi connectivity index (χ1v) is 8.30. The SMILES string of the molecule is Cc1ccc(N2CCCN(c3cc(C#N)ccc3C(F)(F)F)CC2)nn1. The molecule has 1 aromatic carbocycles. The van der Waals surface area contributed by atoms with Gasteiger partial charge in [-0.15, -0.1) is 5.10 Å². The molecule has 2 aromatic rings. The zero-order valence-electron chi connectivity index (χ0n) is 14.3. The van der Waals surface area contributed by atoms with Gasteiger partial charge in [0.1, 0.15) is 0 Å². The van der Waals surface area contributed by atoms with Crippen LogP contribution in [0.3, 0.4) is 0 Å². The average molecular weight is 361 g/mol. The number of benzene rings is 1. The highest BCUT2D eigenvalue weighted by Gasteiger charge is 2.35. The van der Waals surface area contributed by atoms with Gasteiger partial charge in [0.2, 0.25) is 0 Å². The lowest BCUT2D eigenvalue weighted by Crippen LogP contribution is -2.32. The van der Waals surface area contributed by atoms with E-state index in [9.17, 15) is 13.2 Å². The van der Waals surface area contributed by atoms with Crippen molar-refractivity contribution in [2.24, 2.45) is 0 Å². The fraction of sp³-hybridized carbons (Fsp3) is 0.389. The number of aromatic nitrogens is 2. The maximum Gasteiger partial charge on any atom is 0.418 e. The van der Waals surface area contributed by atoms with Crippen LogP contribution in [0.15, 0.2) is 30.3 Å². The van der Waals surface area contributed by atoms with Gasteiger partial charge >= 0.3 is 6.18 Å². The summed E-state index contributed by atoms with van der Waals surface area (Å²) in [6, 6.07) is 9.17. The second-order valence-electron chi connectivity index (χ2n) is 6.20. The fourth-order valence-corrected chi connectivity index (χ4v) is 3.05. The van der Waals surface area contributed by atoms with Crippen LogP contribution < -0.4 is 9.80 Å². The van der Waals surface area contributed by atoms with Crippen LogP contribution >= 0.6 is 0 Å². The predicted octanol–water partition coefficient (Wildman–Crippen LogP) is 3.39. The molecule has 1 fully saturated rings. The van der Waals surface area contributed by atoms with Gasteiger partial charge in [0.25, 0.3) is 0 Å². The number of nitriles is 1. The molecule has 1 aliphatic heterocycles. The Labute approximate surface area is 149 Å². The molecule has 0 amide bonds. The van der Waals surface area contributed by atoms with E-state index in [-0.39, 0.29) is 11.3 Å². The summed E-state index contributed by atoms with van der Waals surface area (Å²) in [4.78, 5) is 3.72. The molecule has 3 rings (SSSR count). The van der Waals surface area contributed by atoms with Gasteiger partial charge in [0, 0.05) is 26.2 Å². The molecule has 2 heterocycles. The Morgan fingerprint density at radius 1 is 1.00 bits per heavy atom. The molecule has 1 aromatic heterocycles. The molecule has 5 nitrogen and oxygen atoms in total. The Kier molecular flexibility index (Phi) is 4.98. The molecule has 0 spiro atoms. The minimum atomic E-state index is -4.46. The van der Waals surface area contributed by atoms with E-state index < -0.39 is 11.7 Å². The van der Waals surface area contributed by atoms with Crippen molar-refractivity contribution in [2.45, 2.75) is 19.5 Å². The van der Waals surface area contributed by atoms with E-state index >= 15 is 0 Å². The molecule has 26 heavy (non-hydrogen) atoms. The number of alkyl halides is 3. The van der Waals surface area contributed by atoms with Crippen molar-refractivity contribution >= 4 is 11.5 Å². The zero-order valence-corrected chi connectivity index (χ0v) is 14.3. The number of rotatable bonds is 2. The van der Waals surface area contributed by atoms with Crippen molar-refractivity contribution in [3.63, 3.8) is 0 Å². The Morgan fingerprint density at radius 3 is 2.38 bits per heavy atom. The summed E-state index contributed by atoms with van der Waals surface area (Å²) in [6.07, 6.45) is -3.78. The molecular weight excluding hydrogens is 343 g/mol. The molecule has 0 bridgehead atoms. The van der Waals surface area contributed by atoms with Gasteiger partial charge in [0.15, 0.2) is 5.82 Å². The monoisotopic (exact) mass is 361 g/mol. The normalized spacial score (nSPS) is 15.5. The number of anilines is 2. The van der Waals surface area contributed by atoms with E-state index in [1.807, 2.05) is 30.0 Å². The third kappa shape index (κ3) is 3.87. The van der Waals surface area contributed by atoms with E-state index in [1.165, 1.54) is 12.1 Å². The maximum absolute atomic E-state index is 13.4. The summed E-state index contributed by atoms with van der Waals surface area (Å²) < 4.78 is 40.1. The molecule has 0 radical (unpaired) electrons. The van der Waals surface area contributed by atoms with Gasteiger partial charge in [-0.2, -0.15) is 23.5 Å². The Balaban J connectivity index is 1.85. The fourth-order valence-electron chi connectivity index (χ4n) is 3.05. The quantitative estimate of drug-likeness (QED) is 0.821. The van der Waals surface area contributed by atoms with Crippen LogP contribution in [0.2, 0.25) is 0 Å². The lowest BCUT2D eigenvalue weighted by molar-refractivity contribution is -0.137. The number of halogens is 3. The predicted molar refractivity (Wildman–Crippen MR) is 92.0 cm³/mol. The highest BCUT2D eigenvalue weighted by molar-refractivity contribution is 5.59. The van der Waals surface area contributed by atoms with Crippen LogP contribution in [0.25, 0.3) is 0 Å². The molecule has 0 atom stereocenters. The number of hydrogen-bond acceptors (Lipinski definition) is 5. The highest BCUT2D eigenvalue weighted by Crippen LogP contribution is 2.37. The summed E-state index contributed by atoms with van der Waals surface area (Å²) in [6.45, 7) is 3.96. The highest BCUT2D eigenvalue weighted by atomic mass is 19.4. The first-order valence-electron chi connectivity index (χ1n) is 8.30. The first-order chi connectivity index (χ1) is 12.4. The van der Waals surface area contributed by atoms with Gasteiger partial charge in [-0.25, -0.2) is 0 Å². The van der Waals surface area contributed by atoms with Gasteiger partial charge < -0.3 is 9.80 Å². The van der Waals surface area contributed by atoms with Crippen molar-refractivity contribution in [3.8, 4) is 6.07 Å². The smallest absolute Gasteiger partial charge is 0.369 e. The summed E-state index contributed by atoms with van der Waals surface area (Å²) in [7, 11) is 0. The van der Waals surface area contributed by atoms with E-state index in [4.69, 9.17) is 5.26 Å². The molecule has 0 N–H and O–H groups in total. The van der Waals surface area contributed by atoms with Crippen LogP contribution in [-0.4, -0.2) is 36.4 Å². The van der Waals surface area contributed by atoms with Crippen molar-refractivity contribution in [1.29, 1.82) is 5.26 Å². The number of nitrogens with zero attached hydrogens (tertiary/aromatic N) is 5. The van der Waals surface area contributed by atoms with Crippen LogP contribution in [0.5, 0.6) is 0 Å². The minimum Gasteiger partial charge on any atom is -0.369 e. The van der Waals surface area contributed by atoms with Crippen molar-refractivity contribution in [3.05, 3.63) is 47.2 Å². The summed E-state index contributed by atoms with van der Waals surface area (Å²) in [5.41, 5.74) is 0.389. The number of hydrogen-bond donors (Lipinski definition) is 0. The average Bonchev–Trinajstić information content (AvgIpc) is 2.87. The lowest BCUT2D eigenvalue weighted by Gasteiger charge is -2.27. The van der Waals surface area contributed by atoms with Crippen LogP contribution in [0, 0.1) is 18.3 Å². The second-order valence-corrected chi connectivity index (χ2v) is 6.20. The molecule has 1 saturated heterocycles. The number of aryl methyl sites for hydroxylation is 1. The molecule has 0 aliphatic carbocycles. The largest absolute Gasteiger partial charge is 0.418 e. The second kappa shape index (κ2) is 7.20. The summed E-state index contributed by atoms with van der Waals surface area (Å²) in [5.74, 6) is 0.722. The lowest BCUT2D eigenvalue weighted by atomic mass is 10.1. The zero-order chi connectivity index (χ0) is 18.7. The first kappa shape index (κ1) is 18.0. The molecule has 0 unspecified atom stereocenters. The van der Waals surface area contributed by atoms with Gasteiger partial charge in [0.05, 0.1) is 28.6 Å². The van der Waals surface area contributed by atoms with E-state index in [2.05, 4.69) is 10.2 Å².